The number of benzene rings is 1. The number of piperidine rings is 1. The van der Waals surface area contributed by atoms with Gasteiger partial charge in [0.1, 0.15) is 0 Å². The minimum atomic E-state index is -3.37. The van der Waals surface area contributed by atoms with Crippen molar-refractivity contribution >= 4 is 10.2 Å². The molecule has 5 nitrogen and oxygen atoms in total. The summed E-state index contributed by atoms with van der Waals surface area (Å²) in [5.74, 6) is 0.477. The zero-order valence-electron chi connectivity index (χ0n) is 14.9. The van der Waals surface area contributed by atoms with Crippen LogP contribution in [0.3, 0.4) is 0 Å². The summed E-state index contributed by atoms with van der Waals surface area (Å²) in [4.78, 5) is 0. The Balaban J connectivity index is 1.97. The predicted octanol–water partition coefficient (Wildman–Crippen LogP) is 2.54. The fourth-order valence-corrected chi connectivity index (χ4v) is 4.93. The summed E-state index contributed by atoms with van der Waals surface area (Å²) in [6, 6.07) is 10.1. The minimum absolute atomic E-state index is 0.477. The number of hydrogen-bond donors (Lipinski definition) is 0. The summed E-state index contributed by atoms with van der Waals surface area (Å²) < 4.78 is 34.5. The maximum absolute atomic E-state index is 13.0. The van der Waals surface area contributed by atoms with E-state index in [4.69, 9.17) is 4.74 Å². The van der Waals surface area contributed by atoms with E-state index < -0.39 is 10.2 Å². The van der Waals surface area contributed by atoms with Gasteiger partial charge in [-0.3, -0.25) is 0 Å². The maximum atomic E-state index is 13.0. The van der Waals surface area contributed by atoms with Gasteiger partial charge in [0.15, 0.2) is 0 Å². The molecule has 0 spiro atoms. The molecule has 2 rings (SSSR count). The Morgan fingerprint density at radius 1 is 1.17 bits per heavy atom. The molecule has 1 aromatic carbocycles. The molecule has 1 aliphatic rings. The van der Waals surface area contributed by atoms with Gasteiger partial charge in [-0.25, -0.2) is 0 Å². The molecular weight excluding hydrogens is 324 g/mol. The van der Waals surface area contributed by atoms with Gasteiger partial charge in [-0.05, 0) is 37.2 Å². The first-order chi connectivity index (χ1) is 11.6. The summed E-state index contributed by atoms with van der Waals surface area (Å²) in [6.45, 7) is 5.06. The summed E-state index contributed by atoms with van der Waals surface area (Å²) in [5, 5.41) is 0. The monoisotopic (exact) mass is 354 g/mol. The van der Waals surface area contributed by atoms with Crippen molar-refractivity contribution in [1.29, 1.82) is 0 Å². The van der Waals surface area contributed by atoms with Crippen LogP contribution in [0.5, 0.6) is 0 Å². The predicted molar refractivity (Wildman–Crippen MR) is 97.1 cm³/mol. The maximum Gasteiger partial charge on any atom is 0.281 e. The van der Waals surface area contributed by atoms with Crippen LogP contribution in [-0.2, 0) is 21.4 Å². The fraction of sp³-hybridized carbons (Fsp3) is 0.667. The van der Waals surface area contributed by atoms with Gasteiger partial charge in [0.05, 0.1) is 0 Å². The first-order valence-corrected chi connectivity index (χ1v) is 10.3. The SMILES string of the molecule is CCCN(CCc1ccccc1)S(=O)(=O)N1CCC(COC)CC1. The normalized spacial score (nSPS) is 17.5. The molecule has 0 radical (unpaired) electrons. The van der Waals surface area contributed by atoms with Crippen molar-refractivity contribution in [2.45, 2.75) is 32.6 Å². The minimum Gasteiger partial charge on any atom is -0.384 e. The molecule has 0 N–H and O–H groups in total. The molecule has 0 atom stereocenters. The molecule has 0 aliphatic carbocycles. The van der Waals surface area contributed by atoms with Crippen LogP contribution in [0.1, 0.15) is 31.7 Å². The van der Waals surface area contributed by atoms with E-state index in [1.165, 1.54) is 5.56 Å². The Morgan fingerprint density at radius 3 is 2.42 bits per heavy atom. The van der Waals surface area contributed by atoms with Gasteiger partial charge in [0.25, 0.3) is 10.2 Å². The Morgan fingerprint density at radius 2 is 1.83 bits per heavy atom. The zero-order chi connectivity index (χ0) is 17.4. The molecule has 0 saturated carbocycles. The van der Waals surface area contributed by atoms with Crippen LogP contribution in [0.25, 0.3) is 0 Å². The Hall–Kier alpha value is -0.950. The number of hydrogen-bond acceptors (Lipinski definition) is 3. The van der Waals surface area contributed by atoms with Crippen molar-refractivity contribution in [2.75, 3.05) is 39.9 Å². The number of methoxy groups -OCH3 is 1. The molecule has 0 unspecified atom stereocenters. The van der Waals surface area contributed by atoms with Crippen molar-refractivity contribution in [2.24, 2.45) is 5.92 Å². The third-order valence-corrected chi connectivity index (χ3v) is 6.63. The highest BCUT2D eigenvalue weighted by Crippen LogP contribution is 2.22. The Bertz CT molecular complexity index is 569. The molecule has 0 bridgehead atoms. The van der Waals surface area contributed by atoms with Crippen LogP contribution >= 0.6 is 0 Å². The van der Waals surface area contributed by atoms with E-state index >= 15 is 0 Å². The average Bonchev–Trinajstić information content (AvgIpc) is 2.60. The van der Waals surface area contributed by atoms with Gasteiger partial charge < -0.3 is 4.74 Å². The highest BCUT2D eigenvalue weighted by molar-refractivity contribution is 7.86. The van der Waals surface area contributed by atoms with Crippen LogP contribution in [0.4, 0.5) is 0 Å². The van der Waals surface area contributed by atoms with Gasteiger partial charge in [0, 0.05) is 39.9 Å². The van der Waals surface area contributed by atoms with Crippen molar-refractivity contribution < 1.29 is 13.2 Å². The lowest BCUT2D eigenvalue weighted by Crippen LogP contribution is -2.48. The van der Waals surface area contributed by atoms with Crippen molar-refractivity contribution in [3.63, 3.8) is 0 Å². The van der Waals surface area contributed by atoms with Gasteiger partial charge in [-0.1, -0.05) is 37.3 Å². The van der Waals surface area contributed by atoms with Crippen LogP contribution in [0.15, 0.2) is 30.3 Å². The van der Waals surface area contributed by atoms with E-state index in [2.05, 4.69) is 0 Å². The summed E-state index contributed by atoms with van der Waals surface area (Å²) in [6.07, 6.45) is 3.34. The smallest absolute Gasteiger partial charge is 0.281 e. The zero-order valence-corrected chi connectivity index (χ0v) is 15.7. The number of ether oxygens (including phenoxy) is 1. The van der Waals surface area contributed by atoms with Crippen molar-refractivity contribution in [1.82, 2.24) is 8.61 Å². The molecule has 1 aromatic rings. The molecule has 1 heterocycles. The number of rotatable bonds is 9. The van der Waals surface area contributed by atoms with Gasteiger partial charge in [-0.15, -0.1) is 0 Å². The van der Waals surface area contributed by atoms with Crippen LogP contribution in [0.2, 0.25) is 0 Å². The standard InChI is InChI=1S/C18H30N2O3S/c1-3-12-19(13-9-17-7-5-4-6-8-17)24(21,22)20-14-10-18(11-15-20)16-23-2/h4-8,18H,3,9-16H2,1-2H3. The molecule has 1 saturated heterocycles. The summed E-state index contributed by atoms with van der Waals surface area (Å²) in [7, 11) is -1.66. The third kappa shape index (κ3) is 5.28. The molecule has 24 heavy (non-hydrogen) atoms. The third-order valence-electron chi connectivity index (χ3n) is 4.59. The lowest BCUT2D eigenvalue weighted by Gasteiger charge is -2.34. The first kappa shape index (κ1) is 19.4. The van der Waals surface area contributed by atoms with Crippen LogP contribution in [-0.4, -0.2) is 56.9 Å². The van der Waals surface area contributed by atoms with Gasteiger partial charge >= 0.3 is 0 Å². The Labute approximate surface area is 146 Å². The molecule has 1 fully saturated rings. The van der Waals surface area contributed by atoms with E-state index in [-0.39, 0.29) is 0 Å². The van der Waals surface area contributed by atoms with Crippen molar-refractivity contribution in [3.8, 4) is 0 Å². The number of nitrogens with zero attached hydrogens (tertiary/aromatic N) is 2. The Kier molecular flexibility index (Phi) is 7.68. The molecule has 0 amide bonds. The second-order valence-electron chi connectivity index (χ2n) is 6.44. The average molecular weight is 355 g/mol. The second kappa shape index (κ2) is 9.51. The van der Waals surface area contributed by atoms with E-state index in [0.717, 1.165) is 32.3 Å². The van der Waals surface area contributed by atoms with Crippen LogP contribution < -0.4 is 0 Å². The molecule has 0 aromatic heterocycles. The quantitative estimate of drug-likeness (QED) is 0.685. The second-order valence-corrected chi connectivity index (χ2v) is 8.37. The first-order valence-electron chi connectivity index (χ1n) is 8.86. The van der Waals surface area contributed by atoms with Gasteiger partial charge in [-0.2, -0.15) is 17.0 Å². The van der Waals surface area contributed by atoms with Crippen molar-refractivity contribution in [3.05, 3.63) is 35.9 Å². The summed E-state index contributed by atoms with van der Waals surface area (Å²) in [5.41, 5.74) is 1.17. The van der Waals surface area contributed by atoms with Crippen LogP contribution in [0, 0.1) is 5.92 Å². The van der Waals surface area contributed by atoms with E-state index in [0.29, 0.717) is 32.1 Å². The van der Waals surface area contributed by atoms with E-state index in [1.807, 2.05) is 37.3 Å². The highest BCUT2D eigenvalue weighted by Gasteiger charge is 2.32. The largest absolute Gasteiger partial charge is 0.384 e. The van der Waals surface area contributed by atoms with E-state index in [9.17, 15) is 8.42 Å². The van der Waals surface area contributed by atoms with Gasteiger partial charge in [0.2, 0.25) is 0 Å². The fourth-order valence-electron chi connectivity index (χ4n) is 3.20. The molecular formula is C18H30N2O3S. The topological polar surface area (TPSA) is 49.9 Å². The van der Waals surface area contributed by atoms with E-state index in [1.54, 1.807) is 15.7 Å². The lowest BCUT2D eigenvalue weighted by molar-refractivity contribution is 0.119. The lowest BCUT2D eigenvalue weighted by atomic mass is 9.99. The molecule has 6 heteroatoms. The highest BCUT2D eigenvalue weighted by atomic mass is 32.2. The molecule has 1 aliphatic heterocycles. The molecule has 136 valence electrons. The summed E-state index contributed by atoms with van der Waals surface area (Å²) >= 11 is 0.